The van der Waals surface area contributed by atoms with Crippen LogP contribution in [0.3, 0.4) is 0 Å². The Morgan fingerprint density at radius 2 is 1.77 bits per heavy atom. The van der Waals surface area contributed by atoms with Crippen molar-refractivity contribution in [3.63, 3.8) is 0 Å². The van der Waals surface area contributed by atoms with Gasteiger partial charge in [0.2, 0.25) is 0 Å². The molecule has 2 aliphatic rings. The normalized spacial score (nSPS) is 21.1. The van der Waals surface area contributed by atoms with Crippen molar-refractivity contribution in [1.82, 2.24) is 14.8 Å². The summed E-state index contributed by atoms with van der Waals surface area (Å²) in [5, 5.41) is 0. The largest absolute Gasteiger partial charge is 0.497 e. The number of ether oxygens (including phenoxy) is 1. The van der Waals surface area contributed by atoms with Crippen molar-refractivity contribution in [2.45, 2.75) is 64.1 Å². The maximum absolute atomic E-state index is 5.33. The lowest BCUT2D eigenvalue weighted by Gasteiger charge is -2.41. The van der Waals surface area contributed by atoms with E-state index in [0.29, 0.717) is 0 Å². The van der Waals surface area contributed by atoms with Gasteiger partial charge in [0.15, 0.2) is 0 Å². The minimum absolute atomic E-state index is 0.760. The van der Waals surface area contributed by atoms with Crippen molar-refractivity contribution in [3.05, 3.63) is 59.9 Å². The quantitative estimate of drug-likeness (QED) is 0.606. The van der Waals surface area contributed by atoms with Crippen LogP contribution in [0.15, 0.2) is 48.8 Å². The Balaban J connectivity index is 1.41. The zero-order valence-electron chi connectivity index (χ0n) is 18.5. The molecule has 4 rings (SSSR count). The highest BCUT2D eigenvalue weighted by Crippen LogP contribution is 2.28. The van der Waals surface area contributed by atoms with Crippen LogP contribution in [0.4, 0.5) is 0 Å². The van der Waals surface area contributed by atoms with Gasteiger partial charge < -0.3 is 9.64 Å². The SMILES string of the molecule is COc1ccc(CN(Cc2cccnc2)C[C@H]2CCCN(C3CCCCC3)C2)cc1. The van der Waals surface area contributed by atoms with Crippen LogP contribution >= 0.6 is 0 Å². The molecule has 0 bridgehead atoms. The number of nitrogens with zero attached hydrogens (tertiary/aromatic N) is 3. The molecule has 0 radical (unpaired) electrons. The Hall–Kier alpha value is -1.91. The fourth-order valence-electron chi connectivity index (χ4n) is 5.31. The first-order chi connectivity index (χ1) is 14.8. The second-order valence-corrected chi connectivity index (χ2v) is 9.17. The first-order valence-electron chi connectivity index (χ1n) is 11.8. The lowest BCUT2D eigenvalue weighted by Crippen LogP contribution is -2.46. The lowest BCUT2D eigenvalue weighted by atomic mass is 9.90. The van der Waals surface area contributed by atoms with Gasteiger partial charge in [-0.2, -0.15) is 0 Å². The highest BCUT2D eigenvalue weighted by molar-refractivity contribution is 5.27. The van der Waals surface area contributed by atoms with Crippen LogP contribution < -0.4 is 4.74 Å². The molecule has 0 unspecified atom stereocenters. The van der Waals surface area contributed by atoms with Gasteiger partial charge in [-0.15, -0.1) is 0 Å². The second-order valence-electron chi connectivity index (χ2n) is 9.17. The van der Waals surface area contributed by atoms with Crippen molar-refractivity contribution < 1.29 is 4.74 Å². The standard InChI is InChI=1S/C26H37N3O/c1-30-26-13-11-22(12-14-26)18-28(19-23-7-5-15-27-17-23)20-24-8-6-16-29(21-24)25-9-3-2-4-10-25/h5,7,11-15,17,24-25H,2-4,6,8-10,16,18-21H2,1H3/t24-/m1/s1. The number of likely N-dealkylation sites (tertiary alicyclic amines) is 1. The first kappa shape index (κ1) is 21.3. The fraction of sp³-hybridized carbons (Fsp3) is 0.577. The molecular formula is C26H37N3O. The minimum atomic E-state index is 0.760. The number of piperidine rings is 1. The number of hydrogen-bond donors (Lipinski definition) is 0. The summed E-state index contributed by atoms with van der Waals surface area (Å²) in [6.45, 7) is 5.67. The second kappa shape index (κ2) is 10.9. The van der Waals surface area contributed by atoms with E-state index in [4.69, 9.17) is 4.74 Å². The molecule has 4 heteroatoms. The summed E-state index contributed by atoms with van der Waals surface area (Å²) in [7, 11) is 1.73. The third kappa shape index (κ3) is 6.05. The predicted molar refractivity (Wildman–Crippen MR) is 123 cm³/mol. The Kier molecular flexibility index (Phi) is 7.76. The highest BCUT2D eigenvalue weighted by Gasteiger charge is 2.28. The van der Waals surface area contributed by atoms with Gasteiger partial charge in [-0.1, -0.05) is 37.5 Å². The molecule has 1 saturated heterocycles. The Bertz CT molecular complexity index is 743. The fourth-order valence-corrected chi connectivity index (χ4v) is 5.31. The maximum Gasteiger partial charge on any atom is 0.118 e. The number of rotatable bonds is 8. The molecule has 2 heterocycles. The van der Waals surface area contributed by atoms with Crippen LogP contribution in [0.1, 0.15) is 56.1 Å². The highest BCUT2D eigenvalue weighted by atomic mass is 16.5. The molecule has 30 heavy (non-hydrogen) atoms. The number of pyridine rings is 1. The number of aromatic nitrogens is 1. The van der Waals surface area contributed by atoms with Gasteiger partial charge in [-0.05, 0) is 67.5 Å². The van der Waals surface area contributed by atoms with Crippen LogP contribution in [0.2, 0.25) is 0 Å². The zero-order chi connectivity index (χ0) is 20.6. The molecule has 1 aromatic carbocycles. The minimum Gasteiger partial charge on any atom is -0.497 e. The third-order valence-corrected chi connectivity index (χ3v) is 6.85. The number of hydrogen-bond acceptors (Lipinski definition) is 4. The molecule has 4 nitrogen and oxygen atoms in total. The molecule has 2 aromatic rings. The van der Waals surface area contributed by atoms with Crippen LogP contribution in [0.25, 0.3) is 0 Å². The number of benzene rings is 1. The number of methoxy groups -OCH3 is 1. The van der Waals surface area contributed by atoms with Crippen molar-refractivity contribution >= 4 is 0 Å². The summed E-state index contributed by atoms with van der Waals surface area (Å²) < 4.78 is 5.33. The summed E-state index contributed by atoms with van der Waals surface area (Å²) in [5.74, 6) is 1.68. The van der Waals surface area contributed by atoms with E-state index in [9.17, 15) is 0 Å². The van der Waals surface area contributed by atoms with E-state index >= 15 is 0 Å². The van der Waals surface area contributed by atoms with Crippen molar-refractivity contribution in [2.24, 2.45) is 5.92 Å². The average Bonchev–Trinajstić information content (AvgIpc) is 2.81. The van der Waals surface area contributed by atoms with Crippen molar-refractivity contribution in [2.75, 3.05) is 26.7 Å². The smallest absolute Gasteiger partial charge is 0.118 e. The Morgan fingerprint density at radius 3 is 2.50 bits per heavy atom. The van der Waals surface area contributed by atoms with Gasteiger partial charge in [0.1, 0.15) is 5.75 Å². The average molecular weight is 408 g/mol. The van der Waals surface area contributed by atoms with E-state index in [-0.39, 0.29) is 0 Å². The molecule has 1 atom stereocenters. The van der Waals surface area contributed by atoms with Gasteiger partial charge in [0.05, 0.1) is 7.11 Å². The molecule has 0 amide bonds. The Labute approximate surface area is 182 Å². The van der Waals surface area contributed by atoms with Crippen molar-refractivity contribution in [1.29, 1.82) is 0 Å². The van der Waals surface area contributed by atoms with E-state index in [2.05, 4.69) is 45.1 Å². The van der Waals surface area contributed by atoms with E-state index in [1.165, 1.54) is 69.2 Å². The topological polar surface area (TPSA) is 28.6 Å². The summed E-state index contributed by atoms with van der Waals surface area (Å²) in [4.78, 5) is 9.78. The van der Waals surface area contributed by atoms with Gasteiger partial charge in [-0.25, -0.2) is 0 Å². The maximum atomic E-state index is 5.33. The van der Waals surface area contributed by atoms with E-state index < -0.39 is 0 Å². The van der Waals surface area contributed by atoms with Crippen LogP contribution in [0.5, 0.6) is 5.75 Å². The van der Waals surface area contributed by atoms with Crippen LogP contribution in [-0.2, 0) is 13.1 Å². The van der Waals surface area contributed by atoms with Gasteiger partial charge in [-0.3, -0.25) is 9.88 Å². The molecule has 1 saturated carbocycles. The monoisotopic (exact) mass is 407 g/mol. The van der Waals surface area contributed by atoms with Crippen LogP contribution in [-0.4, -0.2) is 47.6 Å². The molecule has 0 N–H and O–H groups in total. The Morgan fingerprint density at radius 1 is 0.967 bits per heavy atom. The lowest BCUT2D eigenvalue weighted by molar-refractivity contribution is 0.0771. The summed E-state index contributed by atoms with van der Waals surface area (Å²) in [6, 6.07) is 13.6. The molecule has 1 aliphatic carbocycles. The molecule has 0 spiro atoms. The molecule has 162 valence electrons. The summed E-state index contributed by atoms with van der Waals surface area (Å²) in [6.07, 6.45) is 13.7. The summed E-state index contributed by atoms with van der Waals surface area (Å²) >= 11 is 0. The van der Waals surface area contributed by atoms with Gasteiger partial charge >= 0.3 is 0 Å². The predicted octanol–water partition coefficient (Wildman–Crippen LogP) is 5.14. The molecule has 2 fully saturated rings. The molecular weight excluding hydrogens is 370 g/mol. The van der Waals surface area contributed by atoms with E-state index in [1.54, 1.807) is 7.11 Å². The van der Waals surface area contributed by atoms with E-state index in [1.807, 2.05) is 18.5 Å². The van der Waals surface area contributed by atoms with Gasteiger partial charge in [0, 0.05) is 44.6 Å². The van der Waals surface area contributed by atoms with Crippen LogP contribution in [0, 0.1) is 5.92 Å². The van der Waals surface area contributed by atoms with E-state index in [0.717, 1.165) is 37.3 Å². The molecule has 1 aromatic heterocycles. The first-order valence-corrected chi connectivity index (χ1v) is 11.8. The van der Waals surface area contributed by atoms with Gasteiger partial charge in [0.25, 0.3) is 0 Å². The third-order valence-electron chi connectivity index (χ3n) is 6.85. The zero-order valence-corrected chi connectivity index (χ0v) is 18.5. The summed E-state index contributed by atoms with van der Waals surface area (Å²) in [5.41, 5.74) is 2.64. The van der Waals surface area contributed by atoms with Crippen molar-refractivity contribution in [3.8, 4) is 5.75 Å². The molecule has 1 aliphatic heterocycles.